The predicted octanol–water partition coefficient (Wildman–Crippen LogP) is 4.85. The molecule has 0 saturated heterocycles. The molecule has 1 heterocycles. The molecule has 0 radical (unpaired) electrons. The lowest BCUT2D eigenvalue weighted by Gasteiger charge is -2.11. The number of halogens is 2. The molecule has 3 aromatic rings. The van der Waals surface area contributed by atoms with E-state index in [4.69, 9.17) is 4.74 Å². The van der Waals surface area contributed by atoms with Crippen LogP contribution in [0, 0.1) is 5.82 Å². The van der Waals surface area contributed by atoms with Gasteiger partial charge >= 0.3 is 0 Å². The van der Waals surface area contributed by atoms with Gasteiger partial charge in [-0.25, -0.2) is 4.39 Å². The third-order valence-electron chi connectivity index (χ3n) is 3.24. The molecule has 2 nitrogen and oxygen atoms in total. The molecule has 0 aliphatic heterocycles. The highest BCUT2D eigenvalue weighted by molar-refractivity contribution is 9.08. The molecule has 106 valence electrons. The minimum atomic E-state index is -0.339. The average molecular weight is 346 g/mol. The van der Waals surface area contributed by atoms with Crippen LogP contribution in [-0.4, -0.2) is 4.98 Å². The van der Waals surface area contributed by atoms with Crippen molar-refractivity contribution in [3.63, 3.8) is 0 Å². The summed E-state index contributed by atoms with van der Waals surface area (Å²) in [6, 6.07) is 14.7. The molecule has 4 heteroatoms. The van der Waals surface area contributed by atoms with Gasteiger partial charge in [0.25, 0.3) is 0 Å². The van der Waals surface area contributed by atoms with Crippen molar-refractivity contribution in [2.75, 3.05) is 0 Å². The topological polar surface area (TPSA) is 22.1 Å². The number of alkyl halides is 1. The molecule has 0 aliphatic carbocycles. The highest BCUT2D eigenvalue weighted by Gasteiger charge is 2.09. The SMILES string of the molecule is Fc1cccc(CBr)c1OCc1ccc2ncccc2c1. The fourth-order valence-corrected chi connectivity index (χ4v) is 2.63. The first-order valence-corrected chi connectivity index (χ1v) is 7.70. The molecule has 0 spiro atoms. The van der Waals surface area contributed by atoms with Crippen LogP contribution in [0.25, 0.3) is 10.9 Å². The van der Waals surface area contributed by atoms with E-state index < -0.39 is 0 Å². The van der Waals surface area contributed by atoms with Gasteiger partial charge in [-0.3, -0.25) is 4.98 Å². The molecular weight excluding hydrogens is 333 g/mol. The highest BCUT2D eigenvalue weighted by Crippen LogP contribution is 2.26. The summed E-state index contributed by atoms with van der Waals surface area (Å²) in [4.78, 5) is 4.28. The lowest BCUT2D eigenvalue weighted by atomic mass is 10.1. The first-order chi connectivity index (χ1) is 10.3. The predicted molar refractivity (Wildman–Crippen MR) is 85.1 cm³/mol. The van der Waals surface area contributed by atoms with Crippen LogP contribution in [0.1, 0.15) is 11.1 Å². The summed E-state index contributed by atoms with van der Waals surface area (Å²) >= 11 is 3.35. The Labute approximate surface area is 130 Å². The molecule has 21 heavy (non-hydrogen) atoms. The summed E-state index contributed by atoms with van der Waals surface area (Å²) in [6.45, 7) is 0.325. The largest absolute Gasteiger partial charge is 0.486 e. The van der Waals surface area contributed by atoms with Crippen LogP contribution >= 0.6 is 15.9 Å². The summed E-state index contributed by atoms with van der Waals surface area (Å²) in [6.07, 6.45) is 1.76. The summed E-state index contributed by atoms with van der Waals surface area (Å²) in [5, 5.41) is 1.61. The van der Waals surface area contributed by atoms with Crippen molar-refractivity contribution in [1.82, 2.24) is 4.98 Å². The van der Waals surface area contributed by atoms with E-state index >= 15 is 0 Å². The van der Waals surface area contributed by atoms with E-state index in [0.29, 0.717) is 17.7 Å². The molecular formula is C17H13BrFNO. The zero-order valence-corrected chi connectivity index (χ0v) is 12.8. The third-order valence-corrected chi connectivity index (χ3v) is 3.85. The Morgan fingerprint density at radius 2 is 2.00 bits per heavy atom. The van der Waals surface area contributed by atoms with Gasteiger partial charge in [0.15, 0.2) is 11.6 Å². The van der Waals surface area contributed by atoms with E-state index in [1.165, 1.54) is 6.07 Å². The zero-order chi connectivity index (χ0) is 14.7. The van der Waals surface area contributed by atoms with E-state index in [2.05, 4.69) is 20.9 Å². The van der Waals surface area contributed by atoms with Gasteiger partial charge in [0.2, 0.25) is 0 Å². The second-order valence-corrected chi connectivity index (χ2v) is 5.24. The first kappa shape index (κ1) is 14.0. The van der Waals surface area contributed by atoms with Crippen LogP contribution < -0.4 is 4.74 Å². The normalized spacial score (nSPS) is 10.8. The monoisotopic (exact) mass is 345 g/mol. The molecule has 0 atom stereocenters. The minimum Gasteiger partial charge on any atom is -0.486 e. The molecule has 0 bridgehead atoms. The molecule has 0 aliphatic rings. The smallest absolute Gasteiger partial charge is 0.165 e. The molecule has 2 aromatic carbocycles. The van der Waals surface area contributed by atoms with E-state index in [0.717, 1.165) is 22.0 Å². The van der Waals surface area contributed by atoms with Gasteiger partial charge in [-0.15, -0.1) is 0 Å². The number of ether oxygens (including phenoxy) is 1. The molecule has 0 amide bonds. The zero-order valence-electron chi connectivity index (χ0n) is 11.2. The number of rotatable bonds is 4. The van der Waals surface area contributed by atoms with Crippen LogP contribution in [0.4, 0.5) is 4.39 Å². The van der Waals surface area contributed by atoms with Gasteiger partial charge in [-0.1, -0.05) is 40.2 Å². The molecule has 0 unspecified atom stereocenters. The molecule has 0 N–H and O–H groups in total. The minimum absolute atomic E-state index is 0.306. The van der Waals surface area contributed by atoms with E-state index in [-0.39, 0.29) is 5.82 Å². The van der Waals surface area contributed by atoms with Crippen LogP contribution in [0.2, 0.25) is 0 Å². The summed E-state index contributed by atoms with van der Waals surface area (Å²) in [5.41, 5.74) is 2.73. The Kier molecular flexibility index (Phi) is 4.15. The van der Waals surface area contributed by atoms with Crippen molar-refractivity contribution in [1.29, 1.82) is 0 Å². The van der Waals surface area contributed by atoms with Crippen molar-refractivity contribution >= 4 is 26.8 Å². The Hall–Kier alpha value is -1.94. The van der Waals surface area contributed by atoms with Crippen molar-refractivity contribution in [3.05, 3.63) is 71.7 Å². The number of benzene rings is 2. The maximum Gasteiger partial charge on any atom is 0.165 e. The maximum absolute atomic E-state index is 13.8. The summed E-state index contributed by atoms with van der Waals surface area (Å²) in [7, 11) is 0. The molecule has 0 fully saturated rings. The lowest BCUT2D eigenvalue weighted by Crippen LogP contribution is -2.00. The number of hydrogen-bond donors (Lipinski definition) is 0. The quantitative estimate of drug-likeness (QED) is 0.630. The Balaban J connectivity index is 1.83. The lowest BCUT2D eigenvalue weighted by molar-refractivity contribution is 0.288. The van der Waals surface area contributed by atoms with Crippen molar-refractivity contribution in [3.8, 4) is 5.75 Å². The molecule has 3 rings (SSSR count). The number of aromatic nitrogens is 1. The second kappa shape index (κ2) is 6.22. The Morgan fingerprint density at radius 1 is 1.10 bits per heavy atom. The number of nitrogens with zero attached hydrogens (tertiary/aromatic N) is 1. The van der Waals surface area contributed by atoms with Gasteiger partial charge in [0.1, 0.15) is 6.61 Å². The van der Waals surface area contributed by atoms with E-state index in [1.54, 1.807) is 12.3 Å². The standard InChI is InChI=1S/C17H13BrFNO/c18-10-14-3-1-5-15(19)17(14)21-11-12-6-7-16-13(9-12)4-2-8-20-16/h1-9H,10-11H2. The number of fused-ring (bicyclic) bond motifs is 1. The summed E-state index contributed by atoms with van der Waals surface area (Å²) < 4.78 is 19.5. The fraction of sp³-hybridized carbons (Fsp3) is 0.118. The van der Waals surface area contributed by atoms with Crippen LogP contribution in [0.3, 0.4) is 0 Å². The van der Waals surface area contributed by atoms with Gasteiger partial charge in [0.05, 0.1) is 5.52 Å². The Bertz CT molecular complexity index is 776. The van der Waals surface area contributed by atoms with Crippen LogP contribution in [-0.2, 0) is 11.9 Å². The number of para-hydroxylation sites is 1. The maximum atomic E-state index is 13.8. The second-order valence-electron chi connectivity index (χ2n) is 4.68. The number of pyridine rings is 1. The molecule has 1 aromatic heterocycles. The van der Waals surface area contributed by atoms with Crippen LogP contribution in [0.5, 0.6) is 5.75 Å². The van der Waals surface area contributed by atoms with Gasteiger partial charge in [-0.2, -0.15) is 0 Å². The molecule has 0 saturated carbocycles. The first-order valence-electron chi connectivity index (χ1n) is 6.58. The van der Waals surface area contributed by atoms with Crippen LogP contribution in [0.15, 0.2) is 54.7 Å². The highest BCUT2D eigenvalue weighted by atomic mass is 79.9. The Morgan fingerprint density at radius 3 is 2.86 bits per heavy atom. The van der Waals surface area contributed by atoms with Crippen molar-refractivity contribution < 1.29 is 9.13 Å². The average Bonchev–Trinajstić information content (AvgIpc) is 2.53. The van der Waals surface area contributed by atoms with Gasteiger partial charge < -0.3 is 4.74 Å². The van der Waals surface area contributed by atoms with Gasteiger partial charge in [0, 0.05) is 22.5 Å². The van der Waals surface area contributed by atoms with E-state index in [1.807, 2.05) is 36.4 Å². The summed E-state index contributed by atoms with van der Waals surface area (Å²) in [5.74, 6) is -0.0323. The fourth-order valence-electron chi connectivity index (χ4n) is 2.19. The number of hydrogen-bond acceptors (Lipinski definition) is 2. The van der Waals surface area contributed by atoms with Crippen molar-refractivity contribution in [2.24, 2.45) is 0 Å². The van der Waals surface area contributed by atoms with E-state index in [9.17, 15) is 4.39 Å². The van der Waals surface area contributed by atoms with Gasteiger partial charge in [-0.05, 0) is 29.8 Å². The van der Waals surface area contributed by atoms with Crippen molar-refractivity contribution in [2.45, 2.75) is 11.9 Å². The third kappa shape index (κ3) is 3.05.